The summed E-state index contributed by atoms with van der Waals surface area (Å²) in [5.41, 5.74) is 2.85. The van der Waals surface area contributed by atoms with Gasteiger partial charge in [-0.15, -0.1) is 11.8 Å². The molecule has 0 N–H and O–H groups in total. The third kappa shape index (κ3) is 3.55. The molecule has 130 valence electrons. The van der Waals surface area contributed by atoms with Crippen molar-refractivity contribution in [2.45, 2.75) is 30.8 Å². The zero-order chi connectivity index (χ0) is 17.3. The quantitative estimate of drug-likeness (QED) is 0.844. The molecular weight excluding hydrogens is 334 g/mol. The Balaban J connectivity index is 1.29. The predicted octanol–water partition coefficient (Wildman–Crippen LogP) is 2.70. The van der Waals surface area contributed by atoms with Crippen LogP contribution in [0.25, 0.3) is 0 Å². The Morgan fingerprint density at radius 3 is 2.88 bits per heavy atom. The first-order valence-electron chi connectivity index (χ1n) is 8.49. The molecule has 4 rings (SSSR count). The van der Waals surface area contributed by atoms with Crippen molar-refractivity contribution < 1.29 is 9.53 Å². The fourth-order valence-corrected chi connectivity index (χ4v) is 5.02. The summed E-state index contributed by atoms with van der Waals surface area (Å²) in [4.78, 5) is 22.6. The average molecular weight is 355 g/mol. The summed E-state index contributed by atoms with van der Waals surface area (Å²) in [7, 11) is 0. The van der Waals surface area contributed by atoms with Gasteiger partial charge in [-0.3, -0.25) is 14.8 Å². The topological polar surface area (TPSA) is 55.3 Å². The van der Waals surface area contributed by atoms with Crippen LogP contribution in [0.4, 0.5) is 0 Å². The van der Waals surface area contributed by atoms with Crippen molar-refractivity contribution in [3.8, 4) is 0 Å². The highest BCUT2D eigenvalue weighted by Gasteiger charge is 2.51. The first-order valence-corrected chi connectivity index (χ1v) is 9.48. The third-order valence-electron chi connectivity index (χ3n) is 4.78. The first-order chi connectivity index (χ1) is 12.1. The first kappa shape index (κ1) is 16.5. The Kier molecular flexibility index (Phi) is 4.48. The molecule has 0 unspecified atom stereocenters. The minimum absolute atomic E-state index is 0.0866. The van der Waals surface area contributed by atoms with E-state index in [9.17, 15) is 4.79 Å². The Morgan fingerprint density at radius 2 is 2.12 bits per heavy atom. The average Bonchev–Trinajstić information content (AvgIpc) is 3.04. The van der Waals surface area contributed by atoms with Crippen molar-refractivity contribution in [3.63, 3.8) is 0 Å². The van der Waals surface area contributed by atoms with E-state index in [0.717, 1.165) is 36.4 Å². The molecule has 2 aromatic heterocycles. The SMILES string of the molecule is Cc1cncc(C(=O)N2CC3(C[C@H](OCc4ccncc4)CS3)C2)c1. The normalized spacial score (nSPS) is 21.3. The van der Waals surface area contributed by atoms with Crippen molar-refractivity contribution in [2.75, 3.05) is 18.8 Å². The van der Waals surface area contributed by atoms with Crippen molar-refractivity contribution in [1.29, 1.82) is 0 Å². The van der Waals surface area contributed by atoms with E-state index in [1.807, 2.05) is 41.8 Å². The minimum atomic E-state index is 0.0866. The summed E-state index contributed by atoms with van der Waals surface area (Å²) in [5.74, 6) is 1.09. The van der Waals surface area contributed by atoms with Gasteiger partial charge in [-0.25, -0.2) is 0 Å². The number of ether oxygens (including phenoxy) is 1. The number of likely N-dealkylation sites (tertiary alicyclic amines) is 1. The van der Waals surface area contributed by atoms with Crippen LogP contribution in [0.3, 0.4) is 0 Å². The van der Waals surface area contributed by atoms with E-state index in [1.165, 1.54) is 0 Å². The van der Waals surface area contributed by atoms with E-state index in [2.05, 4.69) is 9.97 Å². The highest BCUT2D eigenvalue weighted by Crippen LogP contribution is 2.46. The summed E-state index contributed by atoms with van der Waals surface area (Å²) in [5, 5.41) is 0. The summed E-state index contributed by atoms with van der Waals surface area (Å²) < 4.78 is 6.23. The molecule has 2 fully saturated rings. The number of hydrogen-bond acceptors (Lipinski definition) is 5. The lowest BCUT2D eigenvalue weighted by molar-refractivity contribution is 0.0255. The lowest BCUT2D eigenvalue weighted by atomic mass is 9.92. The van der Waals surface area contributed by atoms with E-state index >= 15 is 0 Å². The summed E-state index contributed by atoms with van der Waals surface area (Å²) in [6, 6.07) is 5.87. The smallest absolute Gasteiger partial charge is 0.255 e. The van der Waals surface area contributed by atoms with E-state index in [-0.39, 0.29) is 16.8 Å². The molecule has 1 amide bonds. The second-order valence-electron chi connectivity index (χ2n) is 6.90. The van der Waals surface area contributed by atoms with Crippen LogP contribution in [0.15, 0.2) is 43.0 Å². The van der Waals surface area contributed by atoms with Gasteiger partial charge in [0.15, 0.2) is 0 Å². The third-order valence-corrected chi connectivity index (χ3v) is 6.35. The maximum absolute atomic E-state index is 12.6. The fourth-order valence-electron chi connectivity index (χ4n) is 3.47. The highest BCUT2D eigenvalue weighted by atomic mass is 32.2. The van der Waals surface area contributed by atoms with Crippen LogP contribution in [0.2, 0.25) is 0 Å². The van der Waals surface area contributed by atoms with Gasteiger partial charge >= 0.3 is 0 Å². The maximum Gasteiger partial charge on any atom is 0.255 e. The molecule has 2 aliphatic rings. The number of pyridine rings is 2. The van der Waals surface area contributed by atoms with Crippen LogP contribution in [-0.4, -0.2) is 50.5 Å². The summed E-state index contributed by atoms with van der Waals surface area (Å²) >= 11 is 1.95. The number of aromatic nitrogens is 2. The lowest BCUT2D eigenvalue weighted by Crippen LogP contribution is -2.60. The lowest BCUT2D eigenvalue weighted by Gasteiger charge is -2.47. The summed E-state index contributed by atoms with van der Waals surface area (Å²) in [6.45, 7) is 4.19. The molecule has 0 saturated carbocycles. The standard InChI is InChI=1S/C19H21N3O2S/c1-14-6-16(9-21-8-14)18(23)22-12-19(13-22)7-17(11-25-19)24-10-15-2-4-20-5-3-15/h2-6,8-9,17H,7,10-13H2,1H3/t17-/m0/s1. The molecule has 2 aromatic rings. The second-order valence-corrected chi connectivity index (χ2v) is 8.39. The van der Waals surface area contributed by atoms with E-state index in [4.69, 9.17) is 4.74 Å². The zero-order valence-corrected chi connectivity index (χ0v) is 15.0. The fraction of sp³-hybridized carbons (Fsp3) is 0.421. The molecule has 5 nitrogen and oxygen atoms in total. The van der Waals surface area contributed by atoms with Crippen molar-refractivity contribution in [3.05, 3.63) is 59.7 Å². The molecule has 1 spiro atoms. The number of hydrogen-bond donors (Lipinski definition) is 0. The molecular formula is C19H21N3O2S. The molecule has 25 heavy (non-hydrogen) atoms. The Morgan fingerprint density at radius 1 is 1.32 bits per heavy atom. The molecule has 2 saturated heterocycles. The number of aryl methyl sites for hydroxylation is 1. The van der Waals surface area contributed by atoms with Gasteiger partial charge in [0.25, 0.3) is 5.91 Å². The van der Waals surface area contributed by atoms with Crippen LogP contribution in [0.5, 0.6) is 0 Å². The van der Waals surface area contributed by atoms with Crippen LogP contribution in [-0.2, 0) is 11.3 Å². The number of amides is 1. The van der Waals surface area contributed by atoms with E-state index in [0.29, 0.717) is 12.2 Å². The van der Waals surface area contributed by atoms with E-state index < -0.39 is 0 Å². The van der Waals surface area contributed by atoms with Crippen molar-refractivity contribution >= 4 is 17.7 Å². The Hall–Kier alpha value is -1.92. The minimum Gasteiger partial charge on any atom is -0.373 e. The highest BCUT2D eigenvalue weighted by molar-refractivity contribution is 8.01. The zero-order valence-electron chi connectivity index (χ0n) is 14.2. The number of thioether (sulfide) groups is 1. The van der Waals surface area contributed by atoms with Crippen LogP contribution >= 0.6 is 11.8 Å². The van der Waals surface area contributed by atoms with Crippen molar-refractivity contribution in [2.24, 2.45) is 0 Å². The number of carbonyl (C=O) groups is 1. The molecule has 6 heteroatoms. The molecule has 0 aliphatic carbocycles. The monoisotopic (exact) mass is 355 g/mol. The van der Waals surface area contributed by atoms with Crippen LogP contribution in [0.1, 0.15) is 27.9 Å². The molecule has 0 aromatic carbocycles. The van der Waals surface area contributed by atoms with Crippen molar-refractivity contribution in [1.82, 2.24) is 14.9 Å². The van der Waals surface area contributed by atoms with Gasteiger partial charge in [-0.2, -0.15) is 0 Å². The van der Waals surface area contributed by atoms with Gasteiger partial charge in [0, 0.05) is 43.6 Å². The Bertz CT molecular complexity index is 762. The molecule has 4 heterocycles. The number of nitrogens with zero attached hydrogens (tertiary/aromatic N) is 3. The second kappa shape index (κ2) is 6.77. The largest absolute Gasteiger partial charge is 0.373 e. The molecule has 2 aliphatic heterocycles. The van der Waals surface area contributed by atoms with Gasteiger partial charge in [0.05, 0.1) is 23.0 Å². The molecule has 1 atom stereocenters. The Labute approximate surface area is 151 Å². The van der Waals surface area contributed by atoms with Gasteiger partial charge < -0.3 is 9.64 Å². The van der Waals surface area contributed by atoms with Gasteiger partial charge in [-0.05, 0) is 42.7 Å². The van der Waals surface area contributed by atoms with Crippen LogP contribution in [0, 0.1) is 6.92 Å². The summed E-state index contributed by atoms with van der Waals surface area (Å²) in [6.07, 6.45) is 8.28. The maximum atomic E-state index is 12.6. The molecule has 0 bridgehead atoms. The van der Waals surface area contributed by atoms with Crippen LogP contribution < -0.4 is 0 Å². The number of carbonyl (C=O) groups excluding carboxylic acids is 1. The predicted molar refractivity (Wildman–Crippen MR) is 97.5 cm³/mol. The van der Waals surface area contributed by atoms with Gasteiger partial charge in [0.2, 0.25) is 0 Å². The van der Waals surface area contributed by atoms with E-state index in [1.54, 1.807) is 24.8 Å². The van der Waals surface area contributed by atoms with Gasteiger partial charge in [-0.1, -0.05) is 0 Å². The molecule has 0 radical (unpaired) electrons. The van der Waals surface area contributed by atoms with Gasteiger partial charge in [0.1, 0.15) is 0 Å². The number of rotatable bonds is 4.